The lowest BCUT2D eigenvalue weighted by Crippen LogP contribution is -2.49. The molecule has 0 unspecified atom stereocenters. The van der Waals surface area contributed by atoms with Gasteiger partial charge in [-0.05, 0) is 25.2 Å². The van der Waals surface area contributed by atoms with Crippen molar-refractivity contribution >= 4 is 11.9 Å². The molecule has 0 aromatic rings. The molecule has 0 aromatic heterocycles. The minimum absolute atomic E-state index is 0.0490. The normalized spacial score (nSPS) is 19.5. The van der Waals surface area contributed by atoms with Gasteiger partial charge in [0, 0.05) is 39.7 Å². The molecule has 3 N–H and O–H groups in total. The first kappa shape index (κ1) is 19.7. The number of hydrogen-bond donors (Lipinski definition) is 3. The fourth-order valence-electron chi connectivity index (χ4n) is 3.44. The number of amides is 3. The van der Waals surface area contributed by atoms with E-state index in [9.17, 15) is 9.59 Å². The summed E-state index contributed by atoms with van der Waals surface area (Å²) in [6.45, 7) is 3.89. The largest absolute Gasteiger partial charge is 0.400 e. The van der Waals surface area contributed by atoms with Crippen LogP contribution in [0.5, 0.6) is 0 Å². The second kappa shape index (κ2) is 11.3. The number of aliphatic hydroxyl groups is 1. The zero-order chi connectivity index (χ0) is 17.1. The molecular formula is C17H33N3O3. The standard InChI is InChI=1S/C16H29N3O2.CH4O/c1-13(20)19-11-8-15(9-12-19)18-16(21)17-10-7-14-5-3-2-4-6-14;1-2/h14-15H,2-12H2,1H3,(H2,17,18,21);2H,1H3. The highest BCUT2D eigenvalue weighted by Crippen LogP contribution is 2.25. The lowest BCUT2D eigenvalue weighted by molar-refractivity contribution is -0.129. The molecule has 1 saturated heterocycles. The van der Waals surface area contributed by atoms with Crippen molar-refractivity contribution in [3.8, 4) is 0 Å². The van der Waals surface area contributed by atoms with Gasteiger partial charge in [-0.15, -0.1) is 0 Å². The molecule has 3 amide bonds. The summed E-state index contributed by atoms with van der Waals surface area (Å²) < 4.78 is 0. The highest BCUT2D eigenvalue weighted by Gasteiger charge is 2.21. The summed E-state index contributed by atoms with van der Waals surface area (Å²) in [7, 11) is 1.00. The van der Waals surface area contributed by atoms with Gasteiger partial charge >= 0.3 is 6.03 Å². The topological polar surface area (TPSA) is 81.7 Å². The van der Waals surface area contributed by atoms with Crippen LogP contribution in [0.4, 0.5) is 4.79 Å². The van der Waals surface area contributed by atoms with Crippen LogP contribution in [0.3, 0.4) is 0 Å². The fourth-order valence-corrected chi connectivity index (χ4v) is 3.44. The number of carbonyl (C=O) groups excluding carboxylic acids is 2. The average molecular weight is 327 g/mol. The SMILES string of the molecule is CC(=O)N1CCC(NC(=O)NCCC2CCCCC2)CC1.CO. The van der Waals surface area contributed by atoms with E-state index in [2.05, 4.69) is 10.6 Å². The maximum atomic E-state index is 11.9. The summed E-state index contributed by atoms with van der Waals surface area (Å²) in [6.07, 6.45) is 9.56. The number of likely N-dealkylation sites (tertiary alicyclic amines) is 1. The number of nitrogens with one attached hydrogen (secondary N) is 2. The van der Waals surface area contributed by atoms with Crippen molar-refractivity contribution < 1.29 is 14.7 Å². The number of nitrogens with zero attached hydrogens (tertiary/aromatic N) is 1. The van der Waals surface area contributed by atoms with Gasteiger partial charge in [0.1, 0.15) is 0 Å². The molecule has 2 fully saturated rings. The Morgan fingerprint density at radius 2 is 1.65 bits per heavy atom. The predicted octanol–water partition coefficient (Wildman–Crippen LogP) is 1.88. The van der Waals surface area contributed by atoms with Crippen molar-refractivity contribution in [3.05, 3.63) is 0 Å². The van der Waals surface area contributed by atoms with Crippen LogP contribution < -0.4 is 10.6 Å². The number of urea groups is 1. The quantitative estimate of drug-likeness (QED) is 0.737. The lowest BCUT2D eigenvalue weighted by Gasteiger charge is -2.31. The van der Waals surface area contributed by atoms with Crippen molar-refractivity contribution in [1.82, 2.24) is 15.5 Å². The average Bonchev–Trinajstić information content (AvgIpc) is 2.58. The van der Waals surface area contributed by atoms with Crippen molar-refractivity contribution in [3.63, 3.8) is 0 Å². The number of aliphatic hydroxyl groups excluding tert-OH is 1. The molecule has 0 spiro atoms. The highest BCUT2D eigenvalue weighted by molar-refractivity contribution is 5.74. The summed E-state index contributed by atoms with van der Waals surface area (Å²) in [5.74, 6) is 0.934. The summed E-state index contributed by atoms with van der Waals surface area (Å²) in [6, 6.07) is 0.155. The Morgan fingerprint density at radius 1 is 1.04 bits per heavy atom. The van der Waals surface area contributed by atoms with Gasteiger partial charge in [0.15, 0.2) is 0 Å². The molecule has 23 heavy (non-hydrogen) atoms. The van der Waals surface area contributed by atoms with Gasteiger partial charge in [-0.25, -0.2) is 4.79 Å². The molecule has 6 nitrogen and oxygen atoms in total. The molecule has 1 aliphatic heterocycles. The maximum absolute atomic E-state index is 11.9. The molecule has 1 aliphatic carbocycles. The summed E-state index contributed by atoms with van der Waals surface area (Å²) in [5, 5.41) is 13.0. The first-order chi connectivity index (χ1) is 11.1. The van der Waals surface area contributed by atoms with Crippen LogP contribution in [0.25, 0.3) is 0 Å². The van der Waals surface area contributed by atoms with Crippen LogP contribution >= 0.6 is 0 Å². The zero-order valence-corrected chi connectivity index (χ0v) is 14.6. The number of hydrogen-bond acceptors (Lipinski definition) is 3. The van der Waals surface area contributed by atoms with E-state index in [0.29, 0.717) is 0 Å². The summed E-state index contributed by atoms with van der Waals surface area (Å²) in [4.78, 5) is 25.0. The second-order valence-corrected chi connectivity index (χ2v) is 6.47. The molecule has 0 radical (unpaired) electrons. The molecule has 0 atom stereocenters. The van der Waals surface area contributed by atoms with Crippen LogP contribution in [0.15, 0.2) is 0 Å². The van der Waals surface area contributed by atoms with Gasteiger partial charge in [0.25, 0.3) is 0 Å². The summed E-state index contributed by atoms with van der Waals surface area (Å²) in [5.41, 5.74) is 0. The minimum atomic E-state index is -0.0490. The number of piperidine rings is 1. The third-order valence-corrected chi connectivity index (χ3v) is 4.84. The zero-order valence-electron chi connectivity index (χ0n) is 14.6. The van der Waals surface area contributed by atoms with E-state index in [4.69, 9.17) is 5.11 Å². The minimum Gasteiger partial charge on any atom is -0.400 e. The van der Waals surface area contributed by atoms with E-state index in [1.807, 2.05) is 4.90 Å². The van der Waals surface area contributed by atoms with Crippen molar-refractivity contribution in [2.45, 2.75) is 64.3 Å². The highest BCUT2D eigenvalue weighted by atomic mass is 16.2. The number of rotatable bonds is 4. The fraction of sp³-hybridized carbons (Fsp3) is 0.882. The van der Waals surface area contributed by atoms with E-state index >= 15 is 0 Å². The lowest BCUT2D eigenvalue weighted by atomic mass is 9.87. The number of carbonyl (C=O) groups is 2. The van der Waals surface area contributed by atoms with Gasteiger partial charge in [-0.2, -0.15) is 0 Å². The van der Waals surface area contributed by atoms with Crippen LogP contribution in [0, 0.1) is 5.92 Å². The molecular weight excluding hydrogens is 294 g/mol. The predicted molar refractivity (Wildman–Crippen MR) is 91.1 cm³/mol. The molecule has 1 saturated carbocycles. The van der Waals surface area contributed by atoms with Crippen molar-refractivity contribution in [2.75, 3.05) is 26.7 Å². The molecule has 2 aliphatic rings. The monoisotopic (exact) mass is 327 g/mol. The van der Waals surface area contributed by atoms with Crippen LogP contribution in [0.1, 0.15) is 58.3 Å². The van der Waals surface area contributed by atoms with Crippen LogP contribution in [0.2, 0.25) is 0 Å². The molecule has 0 bridgehead atoms. The first-order valence-electron chi connectivity index (χ1n) is 8.89. The Morgan fingerprint density at radius 3 is 2.22 bits per heavy atom. The van der Waals surface area contributed by atoms with Crippen molar-refractivity contribution in [2.24, 2.45) is 5.92 Å². The third-order valence-electron chi connectivity index (χ3n) is 4.84. The van der Waals surface area contributed by atoms with E-state index < -0.39 is 0 Å². The first-order valence-corrected chi connectivity index (χ1v) is 8.89. The van der Waals surface area contributed by atoms with Gasteiger partial charge in [-0.3, -0.25) is 4.79 Å². The van der Waals surface area contributed by atoms with Gasteiger partial charge in [0.2, 0.25) is 5.91 Å². The van der Waals surface area contributed by atoms with E-state index in [1.165, 1.54) is 32.1 Å². The molecule has 2 rings (SSSR count). The molecule has 0 aromatic carbocycles. The van der Waals surface area contributed by atoms with Gasteiger partial charge in [0.05, 0.1) is 0 Å². The van der Waals surface area contributed by atoms with E-state index in [1.54, 1.807) is 6.92 Å². The molecule has 1 heterocycles. The van der Waals surface area contributed by atoms with Gasteiger partial charge < -0.3 is 20.6 Å². The van der Waals surface area contributed by atoms with Gasteiger partial charge in [-0.1, -0.05) is 32.1 Å². The maximum Gasteiger partial charge on any atom is 0.315 e. The summed E-state index contributed by atoms with van der Waals surface area (Å²) >= 11 is 0. The molecule has 6 heteroatoms. The Balaban J connectivity index is 0.00000127. The second-order valence-electron chi connectivity index (χ2n) is 6.47. The van der Waals surface area contributed by atoms with Crippen molar-refractivity contribution in [1.29, 1.82) is 0 Å². The Hall–Kier alpha value is -1.30. The van der Waals surface area contributed by atoms with E-state index in [-0.39, 0.29) is 18.0 Å². The Bertz CT molecular complexity index is 349. The van der Waals surface area contributed by atoms with Crippen LogP contribution in [-0.4, -0.2) is 54.7 Å². The van der Waals surface area contributed by atoms with E-state index in [0.717, 1.165) is 51.9 Å². The smallest absolute Gasteiger partial charge is 0.315 e. The molecule has 134 valence electrons. The van der Waals surface area contributed by atoms with Crippen LogP contribution in [-0.2, 0) is 4.79 Å². The Kier molecular flexibility index (Phi) is 9.67. The Labute approximate surface area is 140 Å². The third kappa shape index (κ3) is 7.68.